The summed E-state index contributed by atoms with van der Waals surface area (Å²) in [6, 6.07) is 0. The van der Waals surface area contributed by atoms with Crippen molar-refractivity contribution in [2.24, 2.45) is 0 Å². The van der Waals surface area contributed by atoms with Gasteiger partial charge >= 0.3 is 29.9 Å². The smallest absolute Gasteiger partial charge is 0.287 e. The van der Waals surface area contributed by atoms with Crippen molar-refractivity contribution in [3.63, 3.8) is 0 Å². The molecule has 0 N–H and O–H groups in total. The van der Waals surface area contributed by atoms with Crippen LogP contribution in [0.5, 0.6) is 0 Å². The van der Waals surface area contributed by atoms with Gasteiger partial charge in [-0.2, -0.15) is 48.3 Å². The molecule has 0 bridgehead atoms. The van der Waals surface area contributed by atoms with Crippen LogP contribution in [0.3, 0.4) is 0 Å². The molecule has 0 heterocycles. The Kier molecular flexibility index (Phi) is 3.41. The van der Waals surface area contributed by atoms with E-state index in [4.69, 9.17) is 0 Å². The molecule has 0 aromatic rings. The third kappa shape index (κ3) is 1.92. The molecule has 1 nitrogen and oxygen atoms in total. The van der Waals surface area contributed by atoms with Crippen molar-refractivity contribution in [1.82, 2.24) is 0 Å². The molecule has 0 saturated heterocycles. The fraction of sp³-hybridized carbons (Fsp3) is 0.625. The largest absolute Gasteiger partial charge is 0.458 e. The predicted molar refractivity (Wildman–Crippen MR) is 39.0 cm³/mol. The number of allylic oxidation sites excluding steroid dienone is 2. The molecule has 0 atom stereocenters. The average Bonchev–Trinajstić information content (AvgIpc) is 2.24. The van der Waals surface area contributed by atoms with Crippen molar-refractivity contribution in [3.8, 4) is 0 Å². The lowest BCUT2D eigenvalue weighted by Gasteiger charge is -2.37. The van der Waals surface area contributed by atoms with Gasteiger partial charge in [0.15, 0.2) is 5.83 Å². The van der Waals surface area contributed by atoms with Gasteiger partial charge in [0.1, 0.15) is 5.57 Å². The first kappa shape index (κ1) is 17.6. The van der Waals surface area contributed by atoms with E-state index in [1.54, 1.807) is 0 Å². The Hall–Kier alpha value is -1.43. The van der Waals surface area contributed by atoms with Gasteiger partial charge in [-0.25, -0.2) is 4.39 Å². The van der Waals surface area contributed by atoms with E-state index in [0.29, 0.717) is 0 Å². The van der Waals surface area contributed by atoms with E-state index in [2.05, 4.69) is 0 Å². The van der Waals surface area contributed by atoms with Gasteiger partial charge in [-0.1, -0.05) is 0 Å². The number of alkyl halides is 11. The summed E-state index contributed by atoms with van der Waals surface area (Å²) in [4.78, 5) is 10.6. The molecule has 0 unspecified atom stereocenters. The summed E-state index contributed by atoms with van der Waals surface area (Å²) in [6.45, 7) is 0. The highest BCUT2D eigenvalue weighted by Gasteiger charge is 2.83. The molecule has 1 aliphatic rings. The molecule has 0 saturated carbocycles. The summed E-state index contributed by atoms with van der Waals surface area (Å²) >= 11 is 0. The summed E-state index contributed by atoms with van der Waals surface area (Å²) in [5, 5.41) is 0. The second-order valence-corrected chi connectivity index (χ2v) is 3.81. The Labute approximate surface area is 106 Å². The standard InChI is InChI=1S/C8F12O/c9-2-1(4(10,11)8(18,19)20)3(21)6(14,15)7(16,17)5(2,12)13. The van der Waals surface area contributed by atoms with Gasteiger partial charge in [0.25, 0.3) is 0 Å². The fourth-order valence-electron chi connectivity index (χ4n) is 1.31. The van der Waals surface area contributed by atoms with E-state index in [9.17, 15) is 57.5 Å². The number of hydrogen-bond acceptors (Lipinski definition) is 1. The number of carbonyl (C=O) groups is 1. The summed E-state index contributed by atoms with van der Waals surface area (Å²) in [7, 11) is 0. The fourth-order valence-corrected chi connectivity index (χ4v) is 1.31. The van der Waals surface area contributed by atoms with E-state index in [1.165, 1.54) is 0 Å². The van der Waals surface area contributed by atoms with Crippen molar-refractivity contribution < 1.29 is 57.5 Å². The Morgan fingerprint density at radius 1 is 0.762 bits per heavy atom. The molecular formula is C8F12O. The van der Waals surface area contributed by atoms with Crippen molar-refractivity contribution in [2.75, 3.05) is 0 Å². The molecule has 0 spiro atoms. The van der Waals surface area contributed by atoms with E-state index in [1.807, 2.05) is 0 Å². The van der Waals surface area contributed by atoms with Gasteiger partial charge in [-0.05, 0) is 0 Å². The van der Waals surface area contributed by atoms with Gasteiger partial charge in [0.05, 0.1) is 0 Å². The molecule has 0 aromatic heterocycles. The first-order chi connectivity index (χ1) is 8.94. The van der Waals surface area contributed by atoms with E-state index in [-0.39, 0.29) is 0 Å². The number of carbonyl (C=O) groups excluding carboxylic acids is 1. The van der Waals surface area contributed by atoms with Crippen molar-refractivity contribution >= 4 is 5.78 Å². The van der Waals surface area contributed by atoms with Gasteiger partial charge in [-0.15, -0.1) is 0 Å². The summed E-state index contributed by atoms with van der Waals surface area (Å²) in [5.41, 5.74) is -4.05. The van der Waals surface area contributed by atoms with Crippen LogP contribution < -0.4 is 0 Å². The maximum atomic E-state index is 12.9. The van der Waals surface area contributed by atoms with E-state index < -0.39 is 47.0 Å². The van der Waals surface area contributed by atoms with Crippen LogP contribution in [0.25, 0.3) is 0 Å². The Morgan fingerprint density at radius 2 is 1.14 bits per heavy atom. The number of Topliss-reactive ketones (excluding diaryl/α,β-unsaturated/α-hetero) is 1. The van der Waals surface area contributed by atoms with Crippen LogP contribution >= 0.6 is 0 Å². The first-order valence-electron chi connectivity index (χ1n) is 4.47. The molecule has 13 heteroatoms. The first-order valence-corrected chi connectivity index (χ1v) is 4.47. The number of ketones is 1. The molecule has 0 radical (unpaired) electrons. The maximum absolute atomic E-state index is 12.9. The van der Waals surface area contributed by atoms with Gasteiger partial charge in [0, 0.05) is 0 Å². The van der Waals surface area contributed by atoms with Crippen molar-refractivity contribution in [3.05, 3.63) is 11.4 Å². The van der Waals surface area contributed by atoms with Crippen molar-refractivity contribution in [2.45, 2.75) is 29.9 Å². The zero-order valence-corrected chi connectivity index (χ0v) is 8.94. The number of hydrogen-bond donors (Lipinski definition) is 0. The highest BCUT2D eigenvalue weighted by atomic mass is 19.4. The van der Waals surface area contributed by atoms with Gasteiger partial charge in [0.2, 0.25) is 5.78 Å². The Morgan fingerprint density at radius 3 is 1.48 bits per heavy atom. The van der Waals surface area contributed by atoms with Crippen molar-refractivity contribution in [1.29, 1.82) is 0 Å². The van der Waals surface area contributed by atoms with Gasteiger partial charge < -0.3 is 0 Å². The van der Waals surface area contributed by atoms with Crippen LogP contribution in [0.15, 0.2) is 11.4 Å². The minimum absolute atomic E-state index is 4.05. The van der Waals surface area contributed by atoms with Crippen LogP contribution in [-0.2, 0) is 4.79 Å². The number of halogens is 12. The topological polar surface area (TPSA) is 17.1 Å². The second kappa shape index (κ2) is 4.06. The molecule has 1 aliphatic carbocycles. The zero-order valence-electron chi connectivity index (χ0n) is 8.94. The molecule has 122 valence electrons. The normalized spacial score (nSPS) is 25.2. The number of rotatable bonds is 1. The lowest BCUT2D eigenvalue weighted by molar-refractivity contribution is -0.303. The lowest BCUT2D eigenvalue weighted by atomic mass is 9.84. The lowest BCUT2D eigenvalue weighted by Crippen LogP contribution is -2.64. The van der Waals surface area contributed by atoms with Crippen LogP contribution in [0.1, 0.15) is 0 Å². The predicted octanol–water partition coefficient (Wildman–Crippen LogP) is 3.90. The average molecular weight is 340 g/mol. The summed E-state index contributed by atoms with van der Waals surface area (Å²) < 4.78 is 150. The maximum Gasteiger partial charge on any atom is 0.458 e. The zero-order chi connectivity index (χ0) is 17.2. The molecule has 0 fully saturated rings. The SMILES string of the molecule is O=C1C(C(F)(F)C(F)(F)F)=C(F)C(F)(F)C(F)(F)C1(F)F. The monoisotopic (exact) mass is 340 g/mol. The summed E-state index contributed by atoms with van der Waals surface area (Å²) in [5.74, 6) is -35.3. The van der Waals surface area contributed by atoms with Crippen LogP contribution in [-0.4, -0.2) is 35.6 Å². The minimum Gasteiger partial charge on any atom is -0.287 e. The molecular weight excluding hydrogens is 340 g/mol. The third-order valence-electron chi connectivity index (χ3n) is 2.47. The molecule has 21 heavy (non-hydrogen) atoms. The molecule has 0 aliphatic heterocycles. The highest BCUT2D eigenvalue weighted by Crippen LogP contribution is 2.58. The van der Waals surface area contributed by atoms with Crippen LogP contribution in [0, 0.1) is 0 Å². The molecule has 0 amide bonds. The third-order valence-corrected chi connectivity index (χ3v) is 2.47. The molecule has 0 aromatic carbocycles. The van der Waals surface area contributed by atoms with Crippen LogP contribution in [0.2, 0.25) is 0 Å². The highest BCUT2D eigenvalue weighted by molar-refractivity contribution is 6.05. The Balaban J connectivity index is 3.79. The quantitative estimate of drug-likeness (QED) is 0.662. The Bertz CT molecular complexity index is 510. The van der Waals surface area contributed by atoms with E-state index in [0.717, 1.165) is 0 Å². The van der Waals surface area contributed by atoms with E-state index >= 15 is 0 Å². The molecule has 1 rings (SSSR count). The van der Waals surface area contributed by atoms with Gasteiger partial charge in [-0.3, -0.25) is 4.79 Å². The van der Waals surface area contributed by atoms with Crippen LogP contribution in [0.4, 0.5) is 52.7 Å². The minimum atomic E-state index is -6.94. The summed E-state index contributed by atoms with van der Waals surface area (Å²) in [6.07, 6.45) is -6.94. The second-order valence-electron chi connectivity index (χ2n) is 3.81.